The van der Waals surface area contributed by atoms with Gasteiger partial charge < -0.3 is 10.7 Å². The lowest BCUT2D eigenvalue weighted by Crippen LogP contribution is -2.27. The van der Waals surface area contributed by atoms with Gasteiger partial charge in [-0.2, -0.15) is 0 Å². The van der Waals surface area contributed by atoms with Crippen molar-refractivity contribution in [3.63, 3.8) is 0 Å². The maximum atomic E-state index is 10.6. The van der Waals surface area contributed by atoms with E-state index in [4.69, 9.17) is 0 Å². The third-order valence-corrected chi connectivity index (χ3v) is 5.27. The molecule has 0 saturated carbocycles. The highest BCUT2D eigenvalue weighted by Gasteiger charge is 2.21. The van der Waals surface area contributed by atoms with Crippen LogP contribution >= 0.6 is 0 Å². The van der Waals surface area contributed by atoms with Gasteiger partial charge in [0, 0.05) is 0 Å². The topological polar surface area (TPSA) is 103 Å². The van der Waals surface area contributed by atoms with Crippen LogP contribution in [0.25, 0.3) is 0 Å². The Kier molecular flexibility index (Phi) is 18.8. The molecule has 0 rings (SSSR count). The summed E-state index contributed by atoms with van der Waals surface area (Å²) < 4.78 is 36.5. The van der Waals surface area contributed by atoms with Crippen LogP contribution in [0.4, 0.5) is 0 Å². The van der Waals surface area contributed by atoms with E-state index in [1.54, 1.807) is 13.8 Å². The molecule has 0 spiro atoms. The maximum absolute atomic E-state index is 10.6. The summed E-state index contributed by atoms with van der Waals surface area (Å²) in [6.07, 6.45) is 22.6. The van der Waals surface area contributed by atoms with Crippen LogP contribution in [-0.2, 0) is 14.6 Å². The fraction of sp³-hybridized carbons (Fsp3) is 0.905. The van der Waals surface area contributed by atoms with Gasteiger partial charge >= 0.3 is 0 Å². The van der Waals surface area contributed by atoms with Crippen LogP contribution in [0.3, 0.4) is 0 Å². The molecule has 0 atom stereocenters. The van der Waals surface area contributed by atoms with Gasteiger partial charge in [0.25, 0.3) is 0 Å². The molecule has 0 unspecified atom stereocenters. The summed E-state index contributed by atoms with van der Waals surface area (Å²) in [5.74, 6) is 0. The first-order chi connectivity index (χ1) is 12.3. The van der Waals surface area contributed by atoms with Crippen molar-refractivity contribution >= 4 is 10.4 Å². The van der Waals surface area contributed by atoms with Crippen LogP contribution in [0.15, 0.2) is 12.2 Å². The molecule has 4 N–H and O–H groups in total. The normalized spacial score (nSPS) is 12.4. The number of allylic oxidation sites excluding steroid dienone is 2. The predicted octanol–water partition coefficient (Wildman–Crippen LogP) is 7.05. The van der Waals surface area contributed by atoms with Crippen molar-refractivity contribution < 1.29 is 17.2 Å². The Hall–Kier alpha value is -0.430. The van der Waals surface area contributed by atoms with Gasteiger partial charge in [0.1, 0.15) is 0 Å². The van der Waals surface area contributed by atoms with E-state index < -0.39 is 16.0 Å². The minimum absolute atomic E-state index is 0. The van der Waals surface area contributed by atoms with Crippen molar-refractivity contribution in [1.82, 2.24) is 6.15 Å². The molecular formula is C21H45NO4S. The van der Waals surface area contributed by atoms with E-state index in [1.807, 2.05) is 0 Å². The van der Waals surface area contributed by atoms with Crippen LogP contribution < -0.4 is 6.15 Å². The van der Waals surface area contributed by atoms with Gasteiger partial charge in [0.2, 0.25) is 10.4 Å². The first-order valence-electron chi connectivity index (χ1n) is 10.6. The van der Waals surface area contributed by atoms with Crippen LogP contribution in [0, 0.1) is 0 Å². The smallest absolute Gasteiger partial charge is 0.218 e. The standard InChI is InChI=1S/C21H42O4S.H3N/c1-4-5-6-7-8-9-10-11-12-13-14-15-16-17-18-19-20-21(2,3)25-26(22,23)24;/h11-12H,4-10,13-20H2,1-3H3,(H,22,23,24);1H3/b12-11-;. The summed E-state index contributed by atoms with van der Waals surface area (Å²) in [4.78, 5) is 0. The molecule has 0 bridgehead atoms. The van der Waals surface area contributed by atoms with Crippen LogP contribution in [0.2, 0.25) is 0 Å². The van der Waals surface area contributed by atoms with E-state index >= 15 is 0 Å². The third kappa shape index (κ3) is 23.5. The van der Waals surface area contributed by atoms with E-state index in [-0.39, 0.29) is 6.15 Å². The van der Waals surface area contributed by atoms with Crippen LogP contribution in [-0.4, -0.2) is 18.6 Å². The fourth-order valence-electron chi connectivity index (χ4n) is 3.12. The lowest BCUT2D eigenvalue weighted by Gasteiger charge is -2.26. The molecule has 0 aromatic rings. The summed E-state index contributed by atoms with van der Waals surface area (Å²) in [6, 6.07) is 0. The van der Waals surface area contributed by atoms with Crippen LogP contribution in [0.5, 0.6) is 0 Å². The Morgan fingerprint density at radius 2 is 1.19 bits per heavy atom. The van der Waals surface area contributed by atoms with Crippen molar-refractivity contribution in [1.29, 1.82) is 0 Å². The van der Waals surface area contributed by atoms with Gasteiger partial charge in [-0.3, -0.25) is 4.18 Å². The number of unbranched alkanes of at least 4 members (excludes halogenated alkanes) is 12. The molecule has 27 heavy (non-hydrogen) atoms. The summed E-state index contributed by atoms with van der Waals surface area (Å²) in [6.45, 7) is 5.56. The number of quaternary nitrogens is 1. The lowest BCUT2D eigenvalue weighted by atomic mass is 9.99. The predicted molar refractivity (Wildman–Crippen MR) is 115 cm³/mol. The lowest BCUT2D eigenvalue weighted by molar-refractivity contribution is 0.0856. The molecule has 0 heterocycles. The first-order valence-corrected chi connectivity index (χ1v) is 11.9. The Labute approximate surface area is 168 Å². The molecular weight excluding hydrogens is 362 g/mol. The third-order valence-electron chi connectivity index (χ3n) is 4.62. The van der Waals surface area contributed by atoms with Crippen molar-refractivity contribution in [2.24, 2.45) is 0 Å². The number of hydrogen-bond acceptors (Lipinski definition) is 4. The van der Waals surface area contributed by atoms with E-state index in [0.717, 1.165) is 19.3 Å². The van der Waals surface area contributed by atoms with E-state index in [1.165, 1.54) is 70.6 Å². The van der Waals surface area contributed by atoms with Crippen molar-refractivity contribution in [3.05, 3.63) is 12.2 Å². The van der Waals surface area contributed by atoms with Gasteiger partial charge in [-0.15, -0.1) is 0 Å². The van der Waals surface area contributed by atoms with E-state index in [9.17, 15) is 13.0 Å². The SMILES string of the molecule is CCCCCCCC/C=C\CCCCCCCCC(C)(C)OS(=O)(=O)[O-].[NH4+]. The molecule has 0 aliphatic rings. The van der Waals surface area contributed by atoms with Gasteiger partial charge in [-0.1, -0.05) is 83.3 Å². The molecule has 0 aliphatic heterocycles. The Morgan fingerprint density at radius 3 is 1.63 bits per heavy atom. The molecule has 0 amide bonds. The van der Waals surface area contributed by atoms with Crippen LogP contribution in [0.1, 0.15) is 117 Å². The highest BCUT2D eigenvalue weighted by molar-refractivity contribution is 7.80. The summed E-state index contributed by atoms with van der Waals surface area (Å²) in [7, 11) is -4.61. The molecule has 0 fully saturated rings. The van der Waals surface area contributed by atoms with Gasteiger partial charge in [-0.05, 0) is 46.0 Å². The molecule has 6 heteroatoms. The first kappa shape index (κ1) is 28.8. The van der Waals surface area contributed by atoms with Crippen molar-refractivity contribution in [2.75, 3.05) is 0 Å². The molecule has 0 radical (unpaired) electrons. The van der Waals surface area contributed by atoms with Gasteiger partial charge in [0.05, 0.1) is 5.60 Å². The Bertz CT molecular complexity index is 447. The summed E-state index contributed by atoms with van der Waals surface area (Å²) >= 11 is 0. The summed E-state index contributed by atoms with van der Waals surface area (Å²) in [5.41, 5.74) is -0.888. The Morgan fingerprint density at radius 1 is 0.778 bits per heavy atom. The highest BCUT2D eigenvalue weighted by atomic mass is 32.3. The fourth-order valence-corrected chi connectivity index (χ4v) is 3.75. The second-order valence-corrected chi connectivity index (χ2v) is 8.92. The van der Waals surface area contributed by atoms with E-state index in [0.29, 0.717) is 6.42 Å². The zero-order valence-corrected chi connectivity index (χ0v) is 19.1. The second-order valence-electron chi connectivity index (χ2n) is 7.94. The van der Waals surface area contributed by atoms with Crippen molar-refractivity contribution in [3.8, 4) is 0 Å². The second kappa shape index (κ2) is 17.7. The molecule has 0 aromatic carbocycles. The highest BCUT2D eigenvalue weighted by Crippen LogP contribution is 2.21. The minimum Gasteiger partial charge on any atom is -0.726 e. The quantitative estimate of drug-likeness (QED) is 0.114. The maximum Gasteiger partial charge on any atom is 0.218 e. The zero-order chi connectivity index (χ0) is 19.7. The Balaban J connectivity index is 0. The monoisotopic (exact) mass is 407 g/mol. The summed E-state index contributed by atoms with van der Waals surface area (Å²) in [5, 5.41) is 0. The van der Waals surface area contributed by atoms with Crippen molar-refractivity contribution in [2.45, 2.75) is 123 Å². The molecule has 0 aliphatic carbocycles. The molecule has 5 nitrogen and oxygen atoms in total. The molecule has 164 valence electrons. The average Bonchev–Trinajstić information content (AvgIpc) is 2.52. The van der Waals surface area contributed by atoms with Gasteiger partial charge in [-0.25, -0.2) is 8.42 Å². The largest absolute Gasteiger partial charge is 0.726 e. The van der Waals surface area contributed by atoms with E-state index in [2.05, 4.69) is 23.3 Å². The minimum atomic E-state index is -4.61. The zero-order valence-electron chi connectivity index (χ0n) is 18.3. The van der Waals surface area contributed by atoms with Gasteiger partial charge in [0.15, 0.2) is 0 Å². The molecule has 0 aromatic heterocycles. The molecule has 0 saturated heterocycles. The number of hydrogen-bond donors (Lipinski definition) is 1. The number of rotatable bonds is 18. The average molecular weight is 408 g/mol.